The minimum atomic E-state index is -4.71. The van der Waals surface area contributed by atoms with Gasteiger partial charge in [0.1, 0.15) is 6.61 Å². The number of hydrogen-bond donors (Lipinski definition) is 2. The van der Waals surface area contributed by atoms with Gasteiger partial charge in [0.25, 0.3) is 0 Å². The van der Waals surface area contributed by atoms with E-state index in [1.807, 2.05) is 0 Å². The van der Waals surface area contributed by atoms with Crippen LogP contribution in [0.4, 0.5) is 0 Å². The molecule has 0 saturated heterocycles. The number of carbonyl (C=O) groups is 2. The normalized spacial score (nSPS) is 13.1. The van der Waals surface area contributed by atoms with Gasteiger partial charge in [-0.25, -0.2) is 4.57 Å². The van der Waals surface area contributed by atoms with E-state index in [0.717, 1.165) is 51.4 Å². The van der Waals surface area contributed by atoms with Crippen molar-refractivity contribution in [2.75, 3.05) is 13.2 Å². The molecule has 208 valence electrons. The number of esters is 2. The Morgan fingerprint density at radius 3 is 1.86 bits per heavy atom. The highest BCUT2D eigenvalue weighted by atomic mass is 31.2. The standard InChI is InChI=1S/C27H47O8P/c1-3-4-5-6-7-8-9-10-11-12-13-14-15-16-17-18-19-20-21-22-27(29)35-26(23-33-25(2)28)24-34-36(30,31)32/h7-8,10-11,13-14,26H,3-6,9,12,15-24H2,1-2H3,(H2,30,31,32)/b8-7-,11-10-,14-13-. The van der Waals surface area contributed by atoms with E-state index in [-0.39, 0.29) is 13.0 Å². The van der Waals surface area contributed by atoms with E-state index in [0.29, 0.717) is 6.42 Å². The Morgan fingerprint density at radius 1 is 0.778 bits per heavy atom. The van der Waals surface area contributed by atoms with Gasteiger partial charge in [-0.05, 0) is 44.9 Å². The Hall–Kier alpha value is -1.73. The molecule has 0 aromatic heterocycles. The fourth-order valence-electron chi connectivity index (χ4n) is 3.28. The van der Waals surface area contributed by atoms with Gasteiger partial charge in [-0.1, -0.05) is 81.9 Å². The van der Waals surface area contributed by atoms with Crippen molar-refractivity contribution in [3.63, 3.8) is 0 Å². The number of carbonyl (C=O) groups excluding carboxylic acids is 2. The molecule has 0 aliphatic rings. The number of rotatable bonds is 23. The Balaban J connectivity index is 3.74. The predicted molar refractivity (Wildman–Crippen MR) is 142 cm³/mol. The summed E-state index contributed by atoms with van der Waals surface area (Å²) in [6.07, 6.45) is 26.7. The van der Waals surface area contributed by atoms with Crippen molar-refractivity contribution in [1.29, 1.82) is 0 Å². The maximum Gasteiger partial charge on any atom is 0.469 e. The van der Waals surface area contributed by atoms with Gasteiger partial charge in [0, 0.05) is 13.3 Å². The highest BCUT2D eigenvalue weighted by molar-refractivity contribution is 7.46. The summed E-state index contributed by atoms with van der Waals surface area (Å²) in [5, 5.41) is 0. The lowest BCUT2D eigenvalue weighted by atomic mass is 10.1. The third-order valence-corrected chi connectivity index (χ3v) is 5.70. The third-order valence-electron chi connectivity index (χ3n) is 5.22. The lowest BCUT2D eigenvalue weighted by Gasteiger charge is -2.18. The van der Waals surface area contributed by atoms with Crippen LogP contribution >= 0.6 is 7.82 Å². The molecule has 0 fully saturated rings. The van der Waals surface area contributed by atoms with Crippen LogP contribution in [0.25, 0.3) is 0 Å². The van der Waals surface area contributed by atoms with E-state index in [1.165, 1.54) is 32.6 Å². The van der Waals surface area contributed by atoms with E-state index in [2.05, 4.69) is 47.9 Å². The Kier molecular flexibility index (Phi) is 22.5. The Morgan fingerprint density at radius 2 is 1.31 bits per heavy atom. The summed E-state index contributed by atoms with van der Waals surface area (Å²) in [6, 6.07) is 0. The molecule has 1 atom stereocenters. The molecular weight excluding hydrogens is 483 g/mol. The summed E-state index contributed by atoms with van der Waals surface area (Å²) >= 11 is 0. The minimum Gasteiger partial charge on any atom is -0.462 e. The number of phosphoric ester groups is 1. The second-order valence-corrected chi connectivity index (χ2v) is 9.98. The third kappa shape index (κ3) is 26.9. The van der Waals surface area contributed by atoms with Crippen molar-refractivity contribution < 1.29 is 37.9 Å². The van der Waals surface area contributed by atoms with Crippen molar-refractivity contribution in [1.82, 2.24) is 0 Å². The summed E-state index contributed by atoms with van der Waals surface area (Å²) in [4.78, 5) is 40.5. The average molecular weight is 531 g/mol. The molecule has 0 saturated carbocycles. The van der Waals surface area contributed by atoms with Crippen LogP contribution in [0.2, 0.25) is 0 Å². The van der Waals surface area contributed by atoms with Crippen LogP contribution in [0.15, 0.2) is 36.5 Å². The van der Waals surface area contributed by atoms with Gasteiger partial charge < -0.3 is 19.3 Å². The molecule has 0 amide bonds. The SMILES string of the molecule is CCCCC/C=C\C/C=C\C/C=C\CCCCCCCCC(=O)OC(COC(C)=O)COP(=O)(O)O. The molecule has 0 aliphatic heterocycles. The van der Waals surface area contributed by atoms with Crippen LogP contribution < -0.4 is 0 Å². The minimum absolute atomic E-state index is 0.192. The fourth-order valence-corrected chi connectivity index (χ4v) is 3.64. The van der Waals surface area contributed by atoms with Crippen LogP contribution in [0.3, 0.4) is 0 Å². The highest BCUT2D eigenvalue weighted by Crippen LogP contribution is 2.35. The quantitative estimate of drug-likeness (QED) is 0.0646. The van der Waals surface area contributed by atoms with Crippen LogP contribution in [-0.2, 0) is 28.2 Å². The monoisotopic (exact) mass is 530 g/mol. The van der Waals surface area contributed by atoms with Crippen molar-refractivity contribution in [2.24, 2.45) is 0 Å². The Bertz CT molecular complexity index is 696. The molecule has 0 aromatic rings. The van der Waals surface area contributed by atoms with E-state index < -0.39 is 32.5 Å². The van der Waals surface area contributed by atoms with E-state index >= 15 is 0 Å². The summed E-state index contributed by atoms with van der Waals surface area (Å²) in [5.41, 5.74) is 0. The van der Waals surface area contributed by atoms with Crippen LogP contribution in [0.5, 0.6) is 0 Å². The van der Waals surface area contributed by atoms with Crippen molar-refractivity contribution in [3.05, 3.63) is 36.5 Å². The first kappa shape index (κ1) is 34.3. The summed E-state index contributed by atoms with van der Waals surface area (Å²) < 4.78 is 25.1. The summed E-state index contributed by atoms with van der Waals surface area (Å²) in [6.45, 7) is 2.54. The number of hydrogen-bond acceptors (Lipinski definition) is 6. The molecule has 0 heterocycles. The number of allylic oxidation sites excluding steroid dienone is 6. The molecule has 0 bridgehead atoms. The molecule has 0 radical (unpaired) electrons. The number of unbranched alkanes of at least 4 members (excludes halogenated alkanes) is 9. The van der Waals surface area contributed by atoms with E-state index in [1.54, 1.807) is 0 Å². The van der Waals surface area contributed by atoms with Gasteiger partial charge in [-0.15, -0.1) is 0 Å². The maximum atomic E-state index is 12.0. The van der Waals surface area contributed by atoms with Gasteiger partial charge in [0.15, 0.2) is 6.10 Å². The zero-order valence-electron chi connectivity index (χ0n) is 22.1. The Labute approximate surface area is 217 Å². The lowest BCUT2D eigenvalue weighted by molar-refractivity contribution is -0.160. The fraction of sp³-hybridized carbons (Fsp3) is 0.704. The van der Waals surface area contributed by atoms with Gasteiger partial charge in [0.05, 0.1) is 6.61 Å². The molecule has 8 nitrogen and oxygen atoms in total. The first-order chi connectivity index (χ1) is 17.2. The van der Waals surface area contributed by atoms with Crippen LogP contribution in [0, 0.1) is 0 Å². The van der Waals surface area contributed by atoms with Crippen molar-refractivity contribution in [3.8, 4) is 0 Å². The van der Waals surface area contributed by atoms with Gasteiger partial charge in [-0.3, -0.25) is 14.1 Å². The van der Waals surface area contributed by atoms with Crippen LogP contribution in [0.1, 0.15) is 104 Å². The molecule has 0 aromatic carbocycles. The van der Waals surface area contributed by atoms with Gasteiger partial charge in [-0.2, -0.15) is 0 Å². The van der Waals surface area contributed by atoms with Gasteiger partial charge >= 0.3 is 19.8 Å². The molecule has 0 aliphatic carbocycles. The predicted octanol–water partition coefficient (Wildman–Crippen LogP) is 6.72. The van der Waals surface area contributed by atoms with Crippen LogP contribution in [-0.4, -0.2) is 41.0 Å². The lowest BCUT2D eigenvalue weighted by Crippen LogP contribution is -2.29. The zero-order valence-corrected chi connectivity index (χ0v) is 23.0. The smallest absolute Gasteiger partial charge is 0.462 e. The second-order valence-electron chi connectivity index (χ2n) is 8.74. The second kappa shape index (κ2) is 23.7. The highest BCUT2D eigenvalue weighted by Gasteiger charge is 2.22. The topological polar surface area (TPSA) is 119 Å². The molecule has 0 spiro atoms. The zero-order chi connectivity index (χ0) is 26.9. The molecular formula is C27H47O8P. The molecule has 9 heteroatoms. The van der Waals surface area contributed by atoms with Crippen molar-refractivity contribution in [2.45, 2.75) is 110 Å². The molecule has 36 heavy (non-hydrogen) atoms. The summed E-state index contributed by atoms with van der Waals surface area (Å²) in [7, 11) is -4.71. The first-order valence-corrected chi connectivity index (χ1v) is 14.8. The largest absolute Gasteiger partial charge is 0.469 e. The van der Waals surface area contributed by atoms with E-state index in [9.17, 15) is 14.2 Å². The molecule has 2 N–H and O–H groups in total. The summed E-state index contributed by atoms with van der Waals surface area (Å²) in [5.74, 6) is -1.10. The maximum absolute atomic E-state index is 12.0. The van der Waals surface area contributed by atoms with E-state index in [4.69, 9.17) is 19.3 Å². The number of phosphoric acid groups is 1. The molecule has 1 unspecified atom stereocenters. The van der Waals surface area contributed by atoms with Gasteiger partial charge in [0.2, 0.25) is 0 Å². The molecule has 0 rings (SSSR count). The first-order valence-electron chi connectivity index (χ1n) is 13.2. The average Bonchev–Trinajstić information content (AvgIpc) is 2.81. The number of ether oxygens (including phenoxy) is 2. The van der Waals surface area contributed by atoms with Crippen molar-refractivity contribution >= 4 is 19.8 Å².